The zero-order valence-electron chi connectivity index (χ0n) is 53.0. The van der Waals surface area contributed by atoms with Crippen molar-refractivity contribution in [3.05, 3.63) is 85.1 Å². The maximum atomic E-state index is 13.6. The summed E-state index contributed by atoms with van der Waals surface area (Å²) in [5, 5.41) is 3.03. The number of carbonyl (C=O) groups excluding carboxylic acids is 2. The van der Waals surface area contributed by atoms with Gasteiger partial charge in [-0.2, -0.15) is 0 Å². The molecule has 0 aliphatic heterocycles. The van der Waals surface area contributed by atoms with E-state index in [1.165, 1.54) is 173 Å². The average molecular weight is 1140 g/mol. The van der Waals surface area contributed by atoms with Crippen LogP contribution in [0.1, 0.15) is 297 Å². The Kier molecular flexibility index (Phi) is 57.3. The first-order chi connectivity index (χ1) is 38.9. The second kappa shape index (κ2) is 59.4. The molecule has 0 spiro atoms. The number of unbranched alkanes of at least 4 members (excludes halogenated alkanes) is 32. The molecule has 9 nitrogen and oxygen atoms in total. The minimum atomic E-state index is -4.71. The van der Waals surface area contributed by atoms with Crippen molar-refractivity contribution >= 4 is 19.7 Å². The van der Waals surface area contributed by atoms with Gasteiger partial charge in [-0.25, -0.2) is 0 Å². The lowest BCUT2D eigenvalue weighted by atomic mass is 10.0. The third kappa shape index (κ3) is 59.8. The molecule has 0 saturated carbocycles. The van der Waals surface area contributed by atoms with Gasteiger partial charge in [-0.1, -0.05) is 260 Å². The maximum absolute atomic E-state index is 13.6. The van der Waals surface area contributed by atoms with Crippen molar-refractivity contribution in [1.29, 1.82) is 0 Å². The topological polar surface area (TPSA) is 114 Å². The first-order valence-corrected chi connectivity index (χ1v) is 34.9. The van der Waals surface area contributed by atoms with Gasteiger partial charge < -0.3 is 28.5 Å². The summed E-state index contributed by atoms with van der Waals surface area (Å²) in [7, 11) is 1.16. The van der Waals surface area contributed by atoms with Crippen LogP contribution in [-0.2, 0) is 27.9 Å². The Bertz CT molecular complexity index is 1640. The van der Waals surface area contributed by atoms with Crippen molar-refractivity contribution in [3.8, 4) is 0 Å². The van der Waals surface area contributed by atoms with E-state index in [1.807, 2.05) is 33.3 Å². The van der Waals surface area contributed by atoms with Gasteiger partial charge in [-0.15, -0.1) is 0 Å². The van der Waals surface area contributed by atoms with Crippen molar-refractivity contribution in [2.75, 3.05) is 40.9 Å². The highest BCUT2D eigenvalue weighted by Gasteiger charge is 2.27. The first kappa shape index (κ1) is 77.2. The zero-order valence-corrected chi connectivity index (χ0v) is 53.9. The Balaban J connectivity index is 5.20. The second-order valence-electron chi connectivity index (χ2n) is 23.6. The van der Waals surface area contributed by atoms with Crippen LogP contribution in [-0.4, -0.2) is 69.4 Å². The number of phosphoric ester groups is 1. The fraction of sp³-hybridized carbons (Fsp3) is 0.771. The lowest BCUT2D eigenvalue weighted by Crippen LogP contribution is -2.47. The minimum Gasteiger partial charge on any atom is -0.756 e. The van der Waals surface area contributed by atoms with Gasteiger partial charge in [-0.3, -0.25) is 14.2 Å². The Morgan fingerprint density at radius 2 is 0.762 bits per heavy atom. The van der Waals surface area contributed by atoms with Crippen molar-refractivity contribution < 1.29 is 37.3 Å². The van der Waals surface area contributed by atoms with E-state index in [-0.39, 0.29) is 24.9 Å². The highest BCUT2D eigenvalue weighted by Crippen LogP contribution is 2.38. The standard InChI is InChI=1S/C70H127N2O7P/c1-7-10-13-16-19-22-25-28-30-32-34-35-36-37-39-40-42-44-47-50-53-56-59-62-69(73)71-67(66-78-80(75,76)77-65-64-72(4,5)6)68(61-58-55-52-49-46-27-24-21-18-15-12-9-3)79-70(74)63-60-57-54-51-48-45-43-41-38-33-31-29-26-23-20-17-14-11-8-2/h19-20,22-23,28-31,38,41,45,48,58,61,67-68H,7-18,21,24-27,32-37,39-40,42-44,46-47,49-57,59-60,62-66H2,1-6H3,(H-,71,73,75,76)/b22-19-,23-20-,30-28-,31-29-,41-38-,48-45-,61-58-. The molecule has 0 fully saturated rings. The molecule has 0 aliphatic carbocycles. The molecule has 0 aromatic carbocycles. The van der Waals surface area contributed by atoms with Crippen LogP contribution in [0.4, 0.5) is 0 Å². The van der Waals surface area contributed by atoms with Gasteiger partial charge in [0.1, 0.15) is 19.3 Å². The Morgan fingerprint density at radius 3 is 1.18 bits per heavy atom. The van der Waals surface area contributed by atoms with E-state index in [4.69, 9.17) is 13.8 Å². The summed E-state index contributed by atoms with van der Waals surface area (Å²) in [5.41, 5.74) is 0. The largest absolute Gasteiger partial charge is 0.756 e. The van der Waals surface area contributed by atoms with E-state index in [1.54, 1.807) is 0 Å². The summed E-state index contributed by atoms with van der Waals surface area (Å²) in [6.45, 7) is 6.78. The molecular weight excluding hydrogens is 1010 g/mol. The molecule has 0 aromatic rings. The van der Waals surface area contributed by atoms with Crippen LogP contribution in [0.3, 0.4) is 0 Å². The summed E-state index contributed by atoms with van der Waals surface area (Å²) in [4.78, 5) is 40.1. The van der Waals surface area contributed by atoms with Crippen LogP contribution in [0.15, 0.2) is 85.1 Å². The number of ether oxygens (including phenoxy) is 1. The third-order valence-corrected chi connectivity index (χ3v) is 15.5. The van der Waals surface area contributed by atoms with Gasteiger partial charge in [0.25, 0.3) is 7.82 Å². The quantitative estimate of drug-likeness (QED) is 0.0212. The first-order valence-electron chi connectivity index (χ1n) is 33.4. The van der Waals surface area contributed by atoms with Crippen molar-refractivity contribution in [3.63, 3.8) is 0 Å². The normalized spacial score (nSPS) is 14.1. The number of hydrogen-bond acceptors (Lipinski definition) is 7. The number of rotatable bonds is 60. The Hall–Kier alpha value is -2.81. The molecule has 3 atom stereocenters. The fourth-order valence-corrected chi connectivity index (χ4v) is 10.1. The number of allylic oxidation sites excluding steroid dienone is 13. The lowest BCUT2D eigenvalue weighted by molar-refractivity contribution is -0.870. The number of amides is 1. The van der Waals surface area contributed by atoms with E-state index in [0.29, 0.717) is 23.9 Å². The van der Waals surface area contributed by atoms with Crippen LogP contribution < -0.4 is 10.2 Å². The van der Waals surface area contributed by atoms with Crippen molar-refractivity contribution in [2.24, 2.45) is 0 Å². The molecule has 1 N–H and O–H groups in total. The molecule has 3 unspecified atom stereocenters. The summed E-state index contributed by atoms with van der Waals surface area (Å²) < 4.78 is 30.4. The number of nitrogens with zero attached hydrogens (tertiary/aromatic N) is 1. The monoisotopic (exact) mass is 1140 g/mol. The van der Waals surface area contributed by atoms with Crippen molar-refractivity contribution in [1.82, 2.24) is 5.32 Å². The Morgan fingerprint density at radius 1 is 0.438 bits per heavy atom. The molecule has 0 rings (SSSR count). The van der Waals surface area contributed by atoms with E-state index in [0.717, 1.165) is 83.5 Å². The molecule has 0 heterocycles. The van der Waals surface area contributed by atoms with Crippen molar-refractivity contribution in [2.45, 2.75) is 309 Å². The number of quaternary nitrogens is 1. The molecule has 80 heavy (non-hydrogen) atoms. The predicted octanol–water partition coefficient (Wildman–Crippen LogP) is 20.3. The number of likely N-dealkylation sites (N-methyl/N-ethyl adjacent to an activating group) is 1. The number of hydrogen-bond donors (Lipinski definition) is 1. The predicted molar refractivity (Wildman–Crippen MR) is 344 cm³/mol. The molecule has 0 bridgehead atoms. The van der Waals surface area contributed by atoms with Gasteiger partial charge >= 0.3 is 5.97 Å². The molecule has 464 valence electrons. The highest BCUT2D eigenvalue weighted by molar-refractivity contribution is 7.45. The number of nitrogens with one attached hydrogen (secondary N) is 1. The van der Waals surface area contributed by atoms with E-state index >= 15 is 0 Å². The summed E-state index contributed by atoms with van der Waals surface area (Å²) in [5.74, 6) is -0.574. The molecular formula is C70H127N2O7P. The Labute approximate surface area is 495 Å². The van der Waals surface area contributed by atoms with Crippen LogP contribution >= 0.6 is 7.82 Å². The number of esters is 1. The molecule has 10 heteroatoms. The highest BCUT2D eigenvalue weighted by atomic mass is 31.2. The van der Waals surface area contributed by atoms with Crippen LogP contribution in [0, 0.1) is 0 Å². The van der Waals surface area contributed by atoms with Gasteiger partial charge in [-0.05, 0) is 109 Å². The maximum Gasteiger partial charge on any atom is 0.306 e. The third-order valence-electron chi connectivity index (χ3n) is 14.5. The van der Waals surface area contributed by atoms with E-state index in [9.17, 15) is 19.0 Å². The van der Waals surface area contributed by atoms with Gasteiger partial charge in [0, 0.05) is 12.8 Å². The van der Waals surface area contributed by atoms with Crippen LogP contribution in [0.5, 0.6) is 0 Å². The smallest absolute Gasteiger partial charge is 0.306 e. The summed E-state index contributed by atoms with van der Waals surface area (Å²) >= 11 is 0. The average Bonchev–Trinajstić information content (AvgIpc) is 3.43. The van der Waals surface area contributed by atoms with Crippen LogP contribution in [0.2, 0.25) is 0 Å². The van der Waals surface area contributed by atoms with Gasteiger partial charge in [0.05, 0.1) is 33.8 Å². The summed E-state index contributed by atoms with van der Waals surface area (Å²) in [6, 6.07) is -0.906. The SMILES string of the molecule is CCCCC/C=C\C/C=C\C/C=C\C/C=C\CCCCCC(=O)OC(/C=C\CCCCCCCCCCCC)C(COP(=O)([O-])OCC[N+](C)(C)C)NC(=O)CCCCCCCCCCCCCCC/C=C\C/C=C\CCCCC. The van der Waals surface area contributed by atoms with Gasteiger partial charge in [0.2, 0.25) is 5.91 Å². The molecule has 0 aliphatic rings. The molecule has 1 amide bonds. The lowest BCUT2D eigenvalue weighted by Gasteiger charge is -2.30. The summed E-state index contributed by atoms with van der Waals surface area (Å²) in [6.07, 6.45) is 78.4. The molecule has 0 aromatic heterocycles. The van der Waals surface area contributed by atoms with Gasteiger partial charge in [0.15, 0.2) is 0 Å². The fourth-order valence-electron chi connectivity index (χ4n) is 9.36. The van der Waals surface area contributed by atoms with E-state index < -0.39 is 26.6 Å². The zero-order chi connectivity index (χ0) is 58.6. The number of carbonyl (C=O) groups is 2. The second-order valence-corrected chi connectivity index (χ2v) is 25.0. The molecule has 0 radical (unpaired) electrons. The van der Waals surface area contributed by atoms with E-state index in [2.05, 4.69) is 99.0 Å². The molecule has 0 saturated heterocycles. The number of phosphoric acid groups is 1. The van der Waals surface area contributed by atoms with Crippen LogP contribution in [0.25, 0.3) is 0 Å². The minimum absolute atomic E-state index is 0.0303.